The van der Waals surface area contributed by atoms with E-state index in [0.29, 0.717) is 6.42 Å². The SMILES string of the molecule is CNC(C)(C)C(=O)NC1(C)CCS(=O)(=O)C1. The van der Waals surface area contributed by atoms with Crippen molar-refractivity contribution in [2.24, 2.45) is 0 Å². The molecule has 2 N–H and O–H groups in total. The van der Waals surface area contributed by atoms with Crippen LogP contribution in [0.5, 0.6) is 0 Å². The lowest BCUT2D eigenvalue weighted by Crippen LogP contribution is -2.58. The molecule has 6 heteroatoms. The zero-order valence-corrected chi connectivity index (χ0v) is 11.1. The van der Waals surface area contributed by atoms with Crippen molar-refractivity contribution in [1.82, 2.24) is 10.6 Å². The highest BCUT2D eigenvalue weighted by molar-refractivity contribution is 7.91. The van der Waals surface area contributed by atoms with Gasteiger partial charge in [-0.3, -0.25) is 4.79 Å². The summed E-state index contributed by atoms with van der Waals surface area (Å²) in [4.78, 5) is 11.9. The molecule has 1 heterocycles. The van der Waals surface area contributed by atoms with Gasteiger partial charge in [0, 0.05) is 0 Å². The van der Waals surface area contributed by atoms with Gasteiger partial charge in [0.05, 0.1) is 22.6 Å². The van der Waals surface area contributed by atoms with Crippen molar-refractivity contribution in [3.05, 3.63) is 0 Å². The highest BCUT2D eigenvalue weighted by Gasteiger charge is 2.41. The standard InChI is InChI=1S/C10H20N2O3S/c1-9(2,11-4)8(13)12-10(3)5-6-16(14,15)7-10/h11H,5-7H2,1-4H3,(H,12,13). The van der Waals surface area contributed by atoms with Gasteiger partial charge in [0.25, 0.3) is 0 Å². The van der Waals surface area contributed by atoms with E-state index < -0.39 is 20.9 Å². The lowest BCUT2D eigenvalue weighted by Gasteiger charge is -2.30. The van der Waals surface area contributed by atoms with E-state index in [-0.39, 0.29) is 17.4 Å². The van der Waals surface area contributed by atoms with E-state index in [9.17, 15) is 13.2 Å². The Kier molecular flexibility index (Phi) is 3.36. The number of carbonyl (C=O) groups excluding carboxylic acids is 1. The van der Waals surface area contributed by atoms with Gasteiger partial charge in [-0.05, 0) is 34.2 Å². The van der Waals surface area contributed by atoms with Crippen LogP contribution in [0.2, 0.25) is 0 Å². The highest BCUT2D eigenvalue weighted by atomic mass is 32.2. The molecule has 0 aromatic carbocycles. The highest BCUT2D eigenvalue weighted by Crippen LogP contribution is 2.23. The number of hydrogen-bond acceptors (Lipinski definition) is 4. The number of hydrogen-bond donors (Lipinski definition) is 2. The van der Waals surface area contributed by atoms with Crippen LogP contribution in [0.4, 0.5) is 0 Å². The summed E-state index contributed by atoms with van der Waals surface area (Å²) in [5, 5.41) is 5.71. The summed E-state index contributed by atoms with van der Waals surface area (Å²) in [5.74, 6) is 0.0181. The average Bonchev–Trinajstić information content (AvgIpc) is 2.40. The topological polar surface area (TPSA) is 75.3 Å². The van der Waals surface area contributed by atoms with Gasteiger partial charge in [-0.1, -0.05) is 0 Å². The van der Waals surface area contributed by atoms with E-state index in [2.05, 4.69) is 10.6 Å². The van der Waals surface area contributed by atoms with Crippen molar-refractivity contribution in [2.45, 2.75) is 38.3 Å². The van der Waals surface area contributed by atoms with E-state index in [1.165, 1.54) is 0 Å². The third-order valence-corrected chi connectivity index (χ3v) is 5.01. The van der Waals surface area contributed by atoms with Gasteiger partial charge in [0.1, 0.15) is 0 Å². The molecule has 1 saturated heterocycles. The fourth-order valence-electron chi connectivity index (χ4n) is 1.65. The molecule has 0 aliphatic carbocycles. The summed E-state index contributed by atoms with van der Waals surface area (Å²) in [6, 6.07) is 0. The van der Waals surface area contributed by atoms with Crippen LogP contribution >= 0.6 is 0 Å². The van der Waals surface area contributed by atoms with E-state index in [0.717, 1.165) is 0 Å². The van der Waals surface area contributed by atoms with Crippen LogP contribution in [-0.4, -0.2) is 44.0 Å². The number of nitrogens with one attached hydrogen (secondary N) is 2. The van der Waals surface area contributed by atoms with Crippen LogP contribution in [0.25, 0.3) is 0 Å². The molecule has 0 aromatic rings. The normalized spacial score (nSPS) is 29.0. The van der Waals surface area contributed by atoms with Crippen LogP contribution in [0.15, 0.2) is 0 Å². The monoisotopic (exact) mass is 248 g/mol. The summed E-state index contributed by atoms with van der Waals surface area (Å²) in [6.07, 6.45) is 0.487. The third-order valence-electron chi connectivity index (χ3n) is 3.11. The summed E-state index contributed by atoms with van der Waals surface area (Å²) in [7, 11) is -1.29. The molecule has 1 amide bonds. The minimum atomic E-state index is -2.99. The molecule has 1 rings (SSSR count). The first kappa shape index (κ1) is 13.4. The molecule has 0 saturated carbocycles. The maximum absolute atomic E-state index is 11.9. The molecule has 0 radical (unpaired) electrons. The molecule has 0 aromatic heterocycles. The Bertz CT molecular complexity index is 389. The van der Waals surface area contributed by atoms with Gasteiger partial charge in [-0.15, -0.1) is 0 Å². The maximum Gasteiger partial charge on any atom is 0.240 e. The first-order valence-corrected chi connectivity index (χ1v) is 7.14. The van der Waals surface area contributed by atoms with Gasteiger partial charge < -0.3 is 10.6 Å². The number of amides is 1. The molecular formula is C10H20N2O3S. The smallest absolute Gasteiger partial charge is 0.240 e. The van der Waals surface area contributed by atoms with E-state index in [1.54, 1.807) is 27.8 Å². The Morgan fingerprint density at radius 1 is 1.38 bits per heavy atom. The molecule has 1 atom stereocenters. The van der Waals surface area contributed by atoms with Crippen molar-refractivity contribution in [2.75, 3.05) is 18.6 Å². The second-order valence-corrected chi connectivity index (χ2v) is 7.42. The first-order chi connectivity index (χ1) is 7.10. The van der Waals surface area contributed by atoms with Crippen LogP contribution < -0.4 is 10.6 Å². The minimum Gasteiger partial charge on any atom is -0.348 e. The van der Waals surface area contributed by atoms with Gasteiger partial charge in [-0.2, -0.15) is 0 Å². The first-order valence-electron chi connectivity index (χ1n) is 5.32. The lowest BCUT2D eigenvalue weighted by atomic mass is 9.98. The van der Waals surface area contributed by atoms with Crippen molar-refractivity contribution < 1.29 is 13.2 Å². The average molecular weight is 248 g/mol. The van der Waals surface area contributed by atoms with Crippen LogP contribution in [0.1, 0.15) is 27.2 Å². The van der Waals surface area contributed by atoms with Crippen LogP contribution in [-0.2, 0) is 14.6 Å². The molecule has 0 spiro atoms. The van der Waals surface area contributed by atoms with Crippen molar-refractivity contribution in [1.29, 1.82) is 0 Å². The molecule has 5 nitrogen and oxygen atoms in total. The van der Waals surface area contributed by atoms with E-state index in [1.807, 2.05) is 0 Å². The molecule has 94 valence electrons. The predicted molar refractivity (Wildman–Crippen MR) is 63.0 cm³/mol. The second-order valence-electron chi connectivity index (χ2n) is 5.23. The summed E-state index contributed by atoms with van der Waals surface area (Å²) >= 11 is 0. The van der Waals surface area contributed by atoms with Crippen LogP contribution in [0, 0.1) is 0 Å². The summed E-state index contributed by atoms with van der Waals surface area (Å²) < 4.78 is 22.8. The van der Waals surface area contributed by atoms with Gasteiger partial charge in [-0.25, -0.2) is 8.42 Å². The van der Waals surface area contributed by atoms with Crippen molar-refractivity contribution in [3.63, 3.8) is 0 Å². The fraction of sp³-hybridized carbons (Fsp3) is 0.900. The Labute approximate surface area is 96.9 Å². The fourth-order valence-corrected chi connectivity index (χ4v) is 3.75. The van der Waals surface area contributed by atoms with E-state index >= 15 is 0 Å². The Morgan fingerprint density at radius 3 is 2.31 bits per heavy atom. The van der Waals surface area contributed by atoms with Crippen LogP contribution in [0.3, 0.4) is 0 Å². The van der Waals surface area contributed by atoms with Crippen molar-refractivity contribution in [3.8, 4) is 0 Å². The molecule has 1 aliphatic heterocycles. The predicted octanol–water partition coefficient (Wildman–Crippen LogP) is -0.322. The zero-order valence-electron chi connectivity index (χ0n) is 10.3. The molecule has 16 heavy (non-hydrogen) atoms. The summed E-state index contributed by atoms with van der Waals surface area (Å²) in [5.41, 5.74) is -1.31. The summed E-state index contributed by atoms with van der Waals surface area (Å²) in [6.45, 7) is 5.30. The number of sulfone groups is 1. The van der Waals surface area contributed by atoms with Crippen molar-refractivity contribution >= 4 is 15.7 Å². The van der Waals surface area contributed by atoms with Gasteiger partial charge >= 0.3 is 0 Å². The third kappa shape index (κ3) is 2.95. The molecular weight excluding hydrogens is 228 g/mol. The number of likely N-dealkylation sites (N-methyl/N-ethyl adjacent to an activating group) is 1. The lowest BCUT2D eigenvalue weighted by molar-refractivity contribution is -0.127. The minimum absolute atomic E-state index is 0.0333. The molecule has 1 aliphatic rings. The quantitative estimate of drug-likeness (QED) is 0.717. The Hall–Kier alpha value is -0.620. The number of rotatable bonds is 3. The van der Waals surface area contributed by atoms with Gasteiger partial charge in [0.15, 0.2) is 9.84 Å². The molecule has 1 fully saturated rings. The molecule has 1 unspecified atom stereocenters. The molecule has 0 bridgehead atoms. The largest absolute Gasteiger partial charge is 0.348 e. The number of carbonyl (C=O) groups is 1. The van der Waals surface area contributed by atoms with Gasteiger partial charge in [0.2, 0.25) is 5.91 Å². The Morgan fingerprint density at radius 2 is 1.94 bits per heavy atom. The zero-order chi connectivity index (χ0) is 12.6. The Balaban J connectivity index is 2.73. The van der Waals surface area contributed by atoms with E-state index in [4.69, 9.17) is 0 Å². The maximum atomic E-state index is 11.9. The second kappa shape index (κ2) is 4.00.